The van der Waals surface area contributed by atoms with Gasteiger partial charge in [-0.1, -0.05) is 30.3 Å². The third-order valence-corrected chi connectivity index (χ3v) is 5.30. The van der Waals surface area contributed by atoms with Gasteiger partial charge in [0.2, 0.25) is 0 Å². The van der Waals surface area contributed by atoms with E-state index in [1.807, 2.05) is 29.3 Å². The topological polar surface area (TPSA) is 50.2 Å². The molecule has 1 atom stereocenters. The standard InChI is InChI=1S/C20H26N4O/c1-15-13-22-19(17-7-8-17)24(15)18-10-12-23(14-18)20(25)21-11-9-16-5-3-2-4-6-16/h2-6,13,17-18H,7-12,14H2,1H3,(H,21,25). The van der Waals surface area contributed by atoms with Crippen molar-refractivity contribution >= 4 is 6.03 Å². The van der Waals surface area contributed by atoms with Crippen molar-refractivity contribution in [3.8, 4) is 0 Å². The second-order valence-electron chi connectivity index (χ2n) is 7.26. The molecule has 5 nitrogen and oxygen atoms in total. The Morgan fingerprint density at radius 2 is 2.04 bits per heavy atom. The lowest BCUT2D eigenvalue weighted by molar-refractivity contribution is 0.207. The lowest BCUT2D eigenvalue weighted by Crippen LogP contribution is -2.39. The van der Waals surface area contributed by atoms with Gasteiger partial charge in [0.05, 0.1) is 6.04 Å². The molecule has 1 aliphatic carbocycles. The second kappa shape index (κ2) is 6.90. The predicted molar refractivity (Wildman–Crippen MR) is 97.7 cm³/mol. The van der Waals surface area contributed by atoms with Gasteiger partial charge in [-0.15, -0.1) is 0 Å². The zero-order chi connectivity index (χ0) is 17.2. The maximum absolute atomic E-state index is 12.5. The summed E-state index contributed by atoms with van der Waals surface area (Å²) in [7, 11) is 0. The Labute approximate surface area is 149 Å². The highest BCUT2D eigenvalue weighted by Gasteiger charge is 2.34. The number of imidazole rings is 1. The summed E-state index contributed by atoms with van der Waals surface area (Å²) in [6.07, 6.45) is 6.38. The number of nitrogens with zero attached hydrogens (tertiary/aromatic N) is 3. The van der Waals surface area contributed by atoms with Gasteiger partial charge < -0.3 is 14.8 Å². The van der Waals surface area contributed by atoms with Crippen molar-refractivity contribution in [3.63, 3.8) is 0 Å². The van der Waals surface area contributed by atoms with Gasteiger partial charge in [-0.05, 0) is 38.2 Å². The molecule has 1 aliphatic heterocycles. The third-order valence-electron chi connectivity index (χ3n) is 5.30. The van der Waals surface area contributed by atoms with E-state index in [0.717, 1.165) is 25.9 Å². The Bertz CT molecular complexity index is 735. The number of rotatable bonds is 5. The molecule has 2 heterocycles. The fourth-order valence-corrected chi connectivity index (χ4v) is 3.79. The average Bonchev–Trinajstić information content (AvgIpc) is 3.22. The van der Waals surface area contributed by atoms with Gasteiger partial charge in [0, 0.05) is 37.4 Å². The summed E-state index contributed by atoms with van der Waals surface area (Å²) in [5.41, 5.74) is 2.48. The van der Waals surface area contributed by atoms with Crippen molar-refractivity contribution in [2.24, 2.45) is 0 Å². The van der Waals surface area contributed by atoms with Crippen LogP contribution in [0.15, 0.2) is 36.5 Å². The maximum atomic E-state index is 12.5. The van der Waals surface area contributed by atoms with Crippen molar-refractivity contribution in [1.29, 1.82) is 0 Å². The number of aromatic nitrogens is 2. The molecule has 25 heavy (non-hydrogen) atoms. The number of hydrogen-bond donors (Lipinski definition) is 1. The minimum Gasteiger partial charge on any atom is -0.338 e. The van der Waals surface area contributed by atoms with Crippen LogP contribution in [0.1, 0.15) is 48.3 Å². The van der Waals surface area contributed by atoms with E-state index in [9.17, 15) is 4.79 Å². The molecule has 2 aliphatic rings. The Kier molecular flexibility index (Phi) is 4.47. The van der Waals surface area contributed by atoms with Crippen LogP contribution in [0, 0.1) is 6.92 Å². The lowest BCUT2D eigenvalue weighted by atomic mass is 10.1. The van der Waals surface area contributed by atoms with Crippen molar-refractivity contribution in [2.45, 2.75) is 44.6 Å². The summed E-state index contributed by atoms with van der Waals surface area (Å²) in [4.78, 5) is 19.0. The van der Waals surface area contributed by atoms with Crippen LogP contribution in [-0.4, -0.2) is 40.1 Å². The van der Waals surface area contributed by atoms with E-state index < -0.39 is 0 Å². The van der Waals surface area contributed by atoms with Gasteiger partial charge in [0.25, 0.3) is 0 Å². The highest BCUT2D eigenvalue weighted by atomic mass is 16.2. The molecule has 5 heteroatoms. The van der Waals surface area contributed by atoms with Gasteiger partial charge in [0.1, 0.15) is 5.82 Å². The van der Waals surface area contributed by atoms with Gasteiger partial charge in [-0.3, -0.25) is 0 Å². The number of urea groups is 1. The molecule has 1 saturated heterocycles. The molecule has 4 rings (SSSR count). The molecule has 0 bridgehead atoms. The SMILES string of the molecule is Cc1cnc(C2CC2)n1C1CCN(C(=O)NCCc2ccccc2)C1. The molecular weight excluding hydrogens is 312 g/mol. The third kappa shape index (κ3) is 3.55. The summed E-state index contributed by atoms with van der Waals surface area (Å²) in [5.74, 6) is 1.87. The summed E-state index contributed by atoms with van der Waals surface area (Å²) in [5, 5.41) is 3.07. The van der Waals surface area contributed by atoms with Crippen molar-refractivity contribution in [2.75, 3.05) is 19.6 Å². The zero-order valence-corrected chi connectivity index (χ0v) is 14.8. The first-order chi connectivity index (χ1) is 12.2. The maximum Gasteiger partial charge on any atom is 0.317 e. The first kappa shape index (κ1) is 16.2. The number of carbonyl (C=O) groups is 1. The highest BCUT2D eigenvalue weighted by molar-refractivity contribution is 5.74. The molecule has 2 amide bonds. The van der Waals surface area contributed by atoms with Crippen LogP contribution in [0.5, 0.6) is 0 Å². The minimum atomic E-state index is 0.0594. The summed E-state index contributed by atoms with van der Waals surface area (Å²) >= 11 is 0. The monoisotopic (exact) mass is 338 g/mol. The number of likely N-dealkylation sites (tertiary alicyclic amines) is 1. The van der Waals surface area contributed by atoms with Crippen LogP contribution in [-0.2, 0) is 6.42 Å². The summed E-state index contributed by atoms with van der Waals surface area (Å²) in [6, 6.07) is 10.7. The Balaban J connectivity index is 1.31. The minimum absolute atomic E-state index is 0.0594. The first-order valence-electron chi connectivity index (χ1n) is 9.33. The predicted octanol–water partition coefficient (Wildman–Crippen LogP) is 3.27. The van der Waals surface area contributed by atoms with Crippen molar-refractivity contribution < 1.29 is 4.79 Å². The van der Waals surface area contributed by atoms with E-state index >= 15 is 0 Å². The van der Waals surface area contributed by atoms with Crippen LogP contribution in [0.4, 0.5) is 4.79 Å². The van der Waals surface area contributed by atoms with Crippen LogP contribution >= 0.6 is 0 Å². The number of benzene rings is 1. The van der Waals surface area contributed by atoms with Crippen LogP contribution in [0.25, 0.3) is 0 Å². The van der Waals surface area contributed by atoms with E-state index in [4.69, 9.17) is 0 Å². The molecular formula is C20H26N4O. The normalized spacial score (nSPS) is 20.0. The molecule has 1 unspecified atom stereocenters. The molecule has 1 saturated carbocycles. The van der Waals surface area contributed by atoms with Crippen molar-refractivity contribution in [1.82, 2.24) is 19.8 Å². The van der Waals surface area contributed by atoms with Crippen LogP contribution in [0.3, 0.4) is 0 Å². The van der Waals surface area contributed by atoms with Gasteiger partial charge >= 0.3 is 6.03 Å². The second-order valence-corrected chi connectivity index (χ2v) is 7.26. The van der Waals surface area contributed by atoms with Crippen LogP contribution in [0.2, 0.25) is 0 Å². The van der Waals surface area contributed by atoms with Gasteiger partial charge in [0.15, 0.2) is 0 Å². The molecule has 1 aromatic heterocycles. The van der Waals surface area contributed by atoms with E-state index in [2.05, 4.69) is 33.9 Å². The zero-order valence-electron chi connectivity index (χ0n) is 14.8. The number of hydrogen-bond acceptors (Lipinski definition) is 2. The smallest absolute Gasteiger partial charge is 0.317 e. The van der Waals surface area contributed by atoms with Gasteiger partial charge in [-0.2, -0.15) is 0 Å². The van der Waals surface area contributed by atoms with Crippen molar-refractivity contribution in [3.05, 3.63) is 53.6 Å². The van der Waals surface area contributed by atoms with E-state index in [-0.39, 0.29) is 6.03 Å². The number of aryl methyl sites for hydroxylation is 1. The highest BCUT2D eigenvalue weighted by Crippen LogP contribution is 2.41. The summed E-state index contributed by atoms with van der Waals surface area (Å²) < 4.78 is 2.38. The number of nitrogens with one attached hydrogen (secondary N) is 1. The van der Waals surface area contributed by atoms with Gasteiger partial charge in [-0.25, -0.2) is 9.78 Å². The fourth-order valence-electron chi connectivity index (χ4n) is 3.79. The molecule has 0 spiro atoms. The molecule has 1 N–H and O–H groups in total. The lowest BCUT2D eigenvalue weighted by Gasteiger charge is -2.20. The number of amides is 2. The molecule has 132 valence electrons. The summed E-state index contributed by atoms with van der Waals surface area (Å²) in [6.45, 7) is 4.42. The molecule has 1 aromatic carbocycles. The molecule has 0 radical (unpaired) electrons. The quantitative estimate of drug-likeness (QED) is 0.910. The fraction of sp³-hybridized carbons (Fsp3) is 0.500. The number of carbonyl (C=O) groups excluding carboxylic acids is 1. The average molecular weight is 338 g/mol. The van der Waals surface area contributed by atoms with E-state index in [0.29, 0.717) is 18.5 Å². The first-order valence-corrected chi connectivity index (χ1v) is 9.33. The molecule has 2 fully saturated rings. The molecule has 2 aromatic rings. The largest absolute Gasteiger partial charge is 0.338 e. The Morgan fingerprint density at radius 3 is 2.80 bits per heavy atom. The van der Waals surface area contributed by atoms with E-state index in [1.165, 1.54) is 29.9 Å². The van der Waals surface area contributed by atoms with E-state index in [1.54, 1.807) is 0 Å². The Hall–Kier alpha value is -2.30. The van der Waals surface area contributed by atoms with Crippen LogP contribution < -0.4 is 5.32 Å². The Morgan fingerprint density at radius 1 is 1.24 bits per heavy atom.